The summed E-state index contributed by atoms with van der Waals surface area (Å²) in [6.07, 6.45) is 1.08. The fourth-order valence-corrected chi connectivity index (χ4v) is 7.22. The van der Waals surface area contributed by atoms with E-state index in [9.17, 15) is 0 Å². The summed E-state index contributed by atoms with van der Waals surface area (Å²) in [7, 11) is 0. The number of hydrogen-bond acceptors (Lipinski definition) is 3. The van der Waals surface area contributed by atoms with Crippen molar-refractivity contribution < 1.29 is 0 Å². The molecule has 0 N–H and O–H groups in total. The summed E-state index contributed by atoms with van der Waals surface area (Å²) in [5.74, 6) is 0. The lowest BCUT2D eigenvalue weighted by molar-refractivity contribution is 1.05. The molecule has 4 aromatic rings. The molecule has 0 fully saturated rings. The van der Waals surface area contributed by atoms with Crippen LogP contribution in [0.2, 0.25) is 0 Å². The van der Waals surface area contributed by atoms with Crippen molar-refractivity contribution in [1.82, 2.24) is 0 Å². The summed E-state index contributed by atoms with van der Waals surface area (Å²) in [5.41, 5.74) is 5.64. The van der Waals surface area contributed by atoms with Crippen molar-refractivity contribution >= 4 is 35.3 Å². The van der Waals surface area contributed by atoms with Gasteiger partial charge in [-0.2, -0.15) is 0 Å². The van der Waals surface area contributed by atoms with Crippen molar-refractivity contribution in [2.45, 2.75) is 49.6 Å². The Morgan fingerprint density at radius 1 is 0.533 bits per heavy atom. The Labute approximate surface area is 191 Å². The zero-order chi connectivity index (χ0) is 20.5. The van der Waals surface area contributed by atoms with Crippen LogP contribution in [0, 0.1) is 13.8 Å². The van der Waals surface area contributed by atoms with Gasteiger partial charge in [0.2, 0.25) is 0 Å². The van der Waals surface area contributed by atoms with Crippen LogP contribution in [-0.2, 0) is 6.42 Å². The molecule has 4 aromatic carbocycles. The maximum Gasteiger partial charge on any atom is 0.0291 e. The molecule has 0 saturated heterocycles. The Morgan fingerprint density at radius 3 is 2.00 bits per heavy atom. The van der Waals surface area contributed by atoms with E-state index in [0.717, 1.165) is 6.42 Å². The lowest BCUT2D eigenvalue weighted by Crippen LogP contribution is -1.99. The average Bonchev–Trinajstić information content (AvgIpc) is 2.77. The Kier molecular flexibility index (Phi) is 5.68. The van der Waals surface area contributed by atoms with Gasteiger partial charge < -0.3 is 0 Å². The maximum absolute atomic E-state index is 2.29. The normalized spacial score (nSPS) is 13.1. The first kappa shape index (κ1) is 19.9. The SMILES string of the molecule is Cc1ccc2c(c1)Sc1ccccc1C2.Cc1cccc2c1Sc1ccccc1S2. The number of aryl methyl sites for hydroxylation is 2. The molecule has 2 aliphatic heterocycles. The van der Waals surface area contributed by atoms with Gasteiger partial charge in [0.05, 0.1) is 0 Å². The van der Waals surface area contributed by atoms with E-state index in [1.165, 1.54) is 51.6 Å². The van der Waals surface area contributed by atoms with Crippen LogP contribution >= 0.6 is 35.3 Å². The highest BCUT2D eigenvalue weighted by molar-refractivity contribution is 8.05. The van der Waals surface area contributed by atoms with Crippen LogP contribution in [0.15, 0.2) is 114 Å². The van der Waals surface area contributed by atoms with Gasteiger partial charge in [-0.1, -0.05) is 89.9 Å². The van der Waals surface area contributed by atoms with Crippen LogP contribution in [0.1, 0.15) is 22.3 Å². The van der Waals surface area contributed by atoms with E-state index in [2.05, 4.69) is 98.8 Å². The molecular formula is C27H22S3. The Bertz CT molecular complexity index is 1220. The number of benzene rings is 4. The molecule has 0 unspecified atom stereocenters. The molecule has 0 radical (unpaired) electrons. The van der Waals surface area contributed by atoms with E-state index in [1.807, 2.05) is 35.3 Å². The topological polar surface area (TPSA) is 0 Å². The third-order valence-corrected chi connectivity index (χ3v) is 9.19. The van der Waals surface area contributed by atoms with Crippen LogP contribution in [0.25, 0.3) is 0 Å². The highest BCUT2D eigenvalue weighted by Gasteiger charge is 2.17. The Morgan fingerprint density at radius 2 is 1.17 bits per heavy atom. The monoisotopic (exact) mass is 442 g/mol. The summed E-state index contributed by atoms with van der Waals surface area (Å²) < 4.78 is 0. The van der Waals surface area contributed by atoms with Gasteiger partial charge in [0.25, 0.3) is 0 Å². The summed E-state index contributed by atoms with van der Waals surface area (Å²) >= 11 is 5.66. The molecule has 148 valence electrons. The molecule has 0 nitrogen and oxygen atoms in total. The van der Waals surface area contributed by atoms with Crippen molar-refractivity contribution in [1.29, 1.82) is 0 Å². The third-order valence-electron chi connectivity index (χ3n) is 5.25. The summed E-state index contributed by atoms with van der Waals surface area (Å²) in [4.78, 5) is 8.40. The van der Waals surface area contributed by atoms with Gasteiger partial charge in [-0.05, 0) is 72.9 Å². The highest BCUT2D eigenvalue weighted by Crippen LogP contribution is 2.49. The molecular weight excluding hydrogens is 420 g/mol. The Hall–Kier alpha value is -2.07. The second kappa shape index (κ2) is 8.58. The molecule has 6 rings (SSSR count). The zero-order valence-corrected chi connectivity index (χ0v) is 19.5. The highest BCUT2D eigenvalue weighted by atomic mass is 32.2. The molecule has 30 heavy (non-hydrogen) atoms. The number of hydrogen-bond donors (Lipinski definition) is 0. The van der Waals surface area contributed by atoms with E-state index < -0.39 is 0 Å². The standard InChI is InChI=1S/C14H12S.C13H10S2/c1-10-6-7-12-9-11-4-2-3-5-13(11)15-14(12)8-10;1-9-5-4-8-12-13(9)15-11-7-3-2-6-10(11)14-12/h2-8H,9H2,1H3;2-8H,1H3. The van der Waals surface area contributed by atoms with Crippen molar-refractivity contribution in [3.8, 4) is 0 Å². The molecule has 3 heteroatoms. The summed E-state index contributed by atoms with van der Waals surface area (Å²) in [6.45, 7) is 4.33. The lowest BCUT2D eigenvalue weighted by atomic mass is 10.0. The molecule has 0 spiro atoms. The number of rotatable bonds is 0. The summed E-state index contributed by atoms with van der Waals surface area (Å²) in [5, 5.41) is 0. The molecule has 0 bridgehead atoms. The minimum Gasteiger partial charge on any atom is -0.0895 e. The average molecular weight is 443 g/mol. The summed E-state index contributed by atoms with van der Waals surface area (Å²) in [6, 6.07) is 30.5. The fraction of sp³-hybridized carbons (Fsp3) is 0.111. The van der Waals surface area contributed by atoms with Gasteiger partial charge in [-0.3, -0.25) is 0 Å². The largest absolute Gasteiger partial charge is 0.0895 e. The van der Waals surface area contributed by atoms with Crippen molar-refractivity contribution in [2.24, 2.45) is 0 Å². The molecule has 0 atom stereocenters. The lowest BCUT2D eigenvalue weighted by Gasteiger charge is -2.19. The Balaban J connectivity index is 0.000000128. The van der Waals surface area contributed by atoms with Crippen LogP contribution in [0.5, 0.6) is 0 Å². The van der Waals surface area contributed by atoms with Gasteiger partial charge in [0, 0.05) is 29.4 Å². The van der Waals surface area contributed by atoms with Gasteiger partial charge >= 0.3 is 0 Å². The first-order valence-electron chi connectivity index (χ1n) is 10.1. The second-order valence-electron chi connectivity index (χ2n) is 7.55. The van der Waals surface area contributed by atoms with Crippen molar-refractivity contribution in [3.63, 3.8) is 0 Å². The van der Waals surface area contributed by atoms with Gasteiger partial charge in [-0.25, -0.2) is 0 Å². The van der Waals surface area contributed by atoms with Crippen LogP contribution < -0.4 is 0 Å². The van der Waals surface area contributed by atoms with E-state index in [1.54, 1.807) is 0 Å². The van der Waals surface area contributed by atoms with Crippen molar-refractivity contribution in [2.75, 3.05) is 0 Å². The van der Waals surface area contributed by atoms with Crippen LogP contribution in [-0.4, -0.2) is 0 Å². The van der Waals surface area contributed by atoms with Gasteiger partial charge in [-0.15, -0.1) is 0 Å². The van der Waals surface area contributed by atoms with Gasteiger partial charge in [0.1, 0.15) is 0 Å². The molecule has 2 aliphatic rings. The van der Waals surface area contributed by atoms with E-state index in [0.29, 0.717) is 0 Å². The smallest absolute Gasteiger partial charge is 0.0291 e. The second-order valence-corrected chi connectivity index (χ2v) is 10.8. The zero-order valence-electron chi connectivity index (χ0n) is 17.0. The van der Waals surface area contributed by atoms with E-state index in [-0.39, 0.29) is 0 Å². The van der Waals surface area contributed by atoms with Gasteiger partial charge in [0.15, 0.2) is 0 Å². The molecule has 0 saturated carbocycles. The third kappa shape index (κ3) is 4.07. The first-order valence-corrected chi connectivity index (χ1v) is 12.5. The van der Waals surface area contributed by atoms with Crippen molar-refractivity contribution in [3.05, 3.63) is 107 Å². The van der Waals surface area contributed by atoms with E-state index >= 15 is 0 Å². The first-order chi connectivity index (χ1) is 14.7. The molecule has 0 aliphatic carbocycles. The predicted molar refractivity (Wildman–Crippen MR) is 130 cm³/mol. The number of fused-ring (bicyclic) bond motifs is 4. The minimum absolute atomic E-state index is 1.08. The predicted octanol–water partition coefficient (Wildman–Crippen LogP) is 8.66. The van der Waals surface area contributed by atoms with E-state index in [4.69, 9.17) is 0 Å². The maximum atomic E-state index is 2.29. The fourth-order valence-electron chi connectivity index (χ4n) is 3.66. The van der Waals surface area contributed by atoms with Crippen LogP contribution in [0.3, 0.4) is 0 Å². The van der Waals surface area contributed by atoms with Crippen LogP contribution in [0.4, 0.5) is 0 Å². The minimum atomic E-state index is 1.08. The molecule has 2 heterocycles. The molecule has 0 amide bonds. The quantitative estimate of drug-likeness (QED) is 0.231. The molecule has 0 aromatic heterocycles.